The van der Waals surface area contributed by atoms with Crippen LogP contribution < -0.4 is 21.3 Å². The van der Waals surface area contributed by atoms with Gasteiger partial charge in [0, 0.05) is 24.0 Å². The Hall–Kier alpha value is -2.68. The van der Waals surface area contributed by atoms with Crippen molar-refractivity contribution >= 4 is 63.5 Å². The molecule has 2 aromatic rings. The lowest BCUT2D eigenvalue weighted by Gasteiger charge is -2.15. The van der Waals surface area contributed by atoms with Crippen LogP contribution in [0, 0.1) is 0 Å². The van der Waals surface area contributed by atoms with Gasteiger partial charge in [-0.2, -0.15) is 0 Å². The molecule has 3 rings (SSSR count). The molecule has 0 unspecified atom stereocenters. The third kappa shape index (κ3) is 6.69. The molecule has 4 N–H and O–H groups in total. The van der Waals surface area contributed by atoms with Crippen LogP contribution in [0.25, 0.3) is 0 Å². The Kier molecular flexibility index (Phi) is 7.62. The van der Waals surface area contributed by atoms with Crippen molar-refractivity contribution in [2.75, 3.05) is 40.9 Å². The average molecular weight is 446 g/mol. The molecule has 0 spiro atoms. The number of carbonyl (C=O) groups excluding carboxylic acids is 2. The fourth-order valence-electron chi connectivity index (χ4n) is 3.16. The minimum atomic E-state index is -0.125. The van der Waals surface area contributed by atoms with Crippen molar-refractivity contribution in [1.82, 2.24) is 4.90 Å². The van der Waals surface area contributed by atoms with E-state index in [1.54, 1.807) is 30.3 Å². The highest BCUT2D eigenvalue weighted by molar-refractivity contribution is 7.80. The van der Waals surface area contributed by atoms with Gasteiger partial charge < -0.3 is 21.3 Å². The van der Waals surface area contributed by atoms with Gasteiger partial charge in [-0.15, -0.1) is 0 Å². The number of hydrogen-bond acceptors (Lipinski definition) is 4. The van der Waals surface area contributed by atoms with E-state index in [9.17, 15) is 9.59 Å². The summed E-state index contributed by atoms with van der Waals surface area (Å²) in [6, 6.07) is 12.4. The summed E-state index contributed by atoms with van der Waals surface area (Å²) in [5, 5.41) is 12.5. The quantitative estimate of drug-likeness (QED) is 0.500. The molecular weight excluding hydrogens is 422 g/mol. The molecule has 1 aliphatic rings. The lowest BCUT2D eigenvalue weighted by molar-refractivity contribution is -0.117. The summed E-state index contributed by atoms with van der Waals surface area (Å²) in [6.45, 7) is 3.76. The summed E-state index contributed by atoms with van der Waals surface area (Å²) in [5.74, 6) is -0.195. The topological polar surface area (TPSA) is 85.5 Å². The summed E-state index contributed by atoms with van der Waals surface area (Å²) < 4.78 is 0. The van der Waals surface area contributed by atoms with Gasteiger partial charge in [-0.05, 0) is 80.6 Å². The van der Waals surface area contributed by atoms with Crippen LogP contribution in [0.15, 0.2) is 42.5 Å². The smallest absolute Gasteiger partial charge is 0.238 e. The third-order valence-electron chi connectivity index (χ3n) is 4.53. The van der Waals surface area contributed by atoms with Crippen molar-refractivity contribution in [3.8, 4) is 0 Å². The lowest BCUT2D eigenvalue weighted by atomic mass is 10.2. The number of rotatable bonds is 6. The lowest BCUT2D eigenvalue weighted by Crippen LogP contribution is -2.30. The molecule has 1 fully saturated rings. The summed E-state index contributed by atoms with van der Waals surface area (Å²) in [7, 11) is 0. The predicted octanol–water partition coefficient (Wildman–Crippen LogP) is 4.14. The SMILES string of the molecule is CC(=O)Nc1ccc(NC(=S)Nc2ccc(NC(=O)CN3CCCC3)c(Cl)c2)cc1. The first-order valence-electron chi connectivity index (χ1n) is 9.66. The Balaban J connectivity index is 1.52. The fraction of sp³-hybridized carbons (Fsp3) is 0.286. The van der Waals surface area contributed by atoms with E-state index in [1.165, 1.54) is 6.92 Å². The Morgan fingerprint density at radius 3 is 2.10 bits per heavy atom. The Morgan fingerprint density at radius 1 is 0.933 bits per heavy atom. The van der Waals surface area contributed by atoms with Crippen LogP contribution in [0.4, 0.5) is 22.7 Å². The molecule has 1 saturated heterocycles. The van der Waals surface area contributed by atoms with E-state index in [4.69, 9.17) is 23.8 Å². The van der Waals surface area contributed by atoms with Crippen molar-refractivity contribution in [3.63, 3.8) is 0 Å². The maximum absolute atomic E-state index is 12.2. The zero-order valence-corrected chi connectivity index (χ0v) is 18.2. The zero-order valence-electron chi connectivity index (χ0n) is 16.6. The van der Waals surface area contributed by atoms with Crippen LogP contribution in [0.3, 0.4) is 0 Å². The van der Waals surface area contributed by atoms with Gasteiger partial charge in [-0.1, -0.05) is 11.6 Å². The Morgan fingerprint density at radius 2 is 1.50 bits per heavy atom. The van der Waals surface area contributed by atoms with Gasteiger partial charge >= 0.3 is 0 Å². The molecule has 2 aromatic carbocycles. The molecule has 2 amide bonds. The molecule has 1 aliphatic heterocycles. The number of carbonyl (C=O) groups is 2. The normalized spacial score (nSPS) is 13.5. The number of anilines is 4. The minimum Gasteiger partial charge on any atom is -0.332 e. The predicted molar refractivity (Wildman–Crippen MR) is 126 cm³/mol. The van der Waals surface area contributed by atoms with Gasteiger partial charge in [0.2, 0.25) is 11.8 Å². The van der Waals surface area contributed by atoms with E-state index >= 15 is 0 Å². The van der Waals surface area contributed by atoms with Crippen LogP contribution in [-0.2, 0) is 9.59 Å². The summed E-state index contributed by atoms with van der Waals surface area (Å²) in [6.07, 6.45) is 2.28. The molecule has 0 radical (unpaired) electrons. The number of nitrogens with one attached hydrogen (secondary N) is 4. The monoisotopic (exact) mass is 445 g/mol. The first kappa shape index (κ1) is 22.0. The number of hydrogen-bond donors (Lipinski definition) is 4. The van der Waals surface area contributed by atoms with E-state index in [0.717, 1.165) is 31.6 Å². The van der Waals surface area contributed by atoms with E-state index in [2.05, 4.69) is 26.2 Å². The Bertz CT molecular complexity index is 929. The molecular formula is C21H24ClN5O2S. The van der Waals surface area contributed by atoms with E-state index in [1.807, 2.05) is 12.1 Å². The van der Waals surface area contributed by atoms with Crippen LogP contribution in [0.5, 0.6) is 0 Å². The standard InChI is InChI=1S/C21H24ClN5O2S/c1-14(28)23-15-4-6-16(7-5-15)24-21(30)25-17-8-9-19(18(22)12-17)26-20(29)13-27-10-2-3-11-27/h4-9,12H,2-3,10-11,13H2,1H3,(H,23,28)(H,26,29)(H2,24,25,30). The second-order valence-electron chi connectivity index (χ2n) is 7.06. The minimum absolute atomic E-state index is 0.0700. The maximum atomic E-state index is 12.2. The average Bonchev–Trinajstić information content (AvgIpc) is 3.18. The summed E-state index contributed by atoms with van der Waals surface area (Å²) >= 11 is 11.7. The van der Waals surface area contributed by atoms with Crippen LogP contribution in [0.1, 0.15) is 19.8 Å². The van der Waals surface area contributed by atoms with Gasteiger partial charge in [0.15, 0.2) is 5.11 Å². The zero-order chi connectivity index (χ0) is 21.5. The van der Waals surface area contributed by atoms with Crippen molar-refractivity contribution in [3.05, 3.63) is 47.5 Å². The first-order valence-corrected chi connectivity index (χ1v) is 10.4. The number of nitrogens with zero attached hydrogens (tertiary/aromatic N) is 1. The first-order chi connectivity index (χ1) is 14.4. The van der Waals surface area contributed by atoms with Crippen molar-refractivity contribution in [2.24, 2.45) is 0 Å². The largest absolute Gasteiger partial charge is 0.332 e. The second kappa shape index (κ2) is 10.4. The van der Waals surface area contributed by atoms with Gasteiger partial charge in [0.25, 0.3) is 0 Å². The number of halogens is 1. The van der Waals surface area contributed by atoms with Crippen LogP contribution in [0.2, 0.25) is 5.02 Å². The number of thiocarbonyl (C=S) groups is 1. The third-order valence-corrected chi connectivity index (χ3v) is 5.05. The van der Waals surface area contributed by atoms with Gasteiger partial charge in [0.05, 0.1) is 17.3 Å². The molecule has 7 nitrogen and oxygen atoms in total. The highest BCUT2D eigenvalue weighted by Gasteiger charge is 2.16. The van der Waals surface area contributed by atoms with Crippen LogP contribution in [-0.4, -0.2) is 41.5 Å². The molecule has 0 bridgehead atoms. The van der Waals surface area contributed by atoms with E-state index in [0.29, 0.717) is 33.7 Å². The van der Waals surface area contributed by atoms with Crippen molar-refractivity contribution < 1.29 is 9.59 Å². The molecule has 0 aliphatic carbocycles. The second-order valence-corrected chi connectivity index (χ2v) is 7.88. The molecule has 9 heteroatoms. The highest BCUT2D eigenvalue weighted by Crippen LogP contribution is 2.26. The van der Waals surface area contributed by atoms with Gasteiger partial charge in [-0.3, -0.25) is 14.5 Å². The number of benzene rings is 2. The number of amides is 2. The molecule has 158 valence electrons. The molecule has 0 aromatic heterocycles. The molecule has 1 heterocycles. The maximum Gasteiger partial charge on any atom is 0.238 e. The van der Waals surface area contributed by atoms with Crippen molar-refractivity contribution in [1.29, 1.82) is 0 Å². The molecule has 30 heavy (non-hydrogen) atoms. The van der Waals surface area contributed by atoms with Gasteiger partial charge in [-0.25, -0.2) is 0 Å². The molecule has 0 atom stereocenters. The fourth-order valence-corrected chi connectivity index (χ4v) is 3.62. The highest BCUT2D eigenvalue weighted by atomic mass is 35.5. The van der Waals surface area contributed by atoms with Crippen molar-refractivity contribution in [2.45, 2.75) is 19.8 Å². The van der Waals surface area contributed by atoms with E-state index in [-0.39, 0.29) is 11.8 Å². The van der Waals surface area contributed by atoms with E-state index < -0.39 is 0 Å². The molecule has 0 saturated carbocycles. The Labute approximate surface area is 186 Å². The summed E-state index contributed by atoms with van der Waals surface area (Å²) in [5.41, 5.74) is 2.75. The summed E-state index contributed by atoms with van der Waals surface area (Å²) in [4.78, 5) is 25.4. The van der Waals surface area contributed by atoms with Gasteiger partial charge in [0.1, 0.15) is 0 Å². The van der Waals surface area contributed by atoms with Crippen LogP contribution >= 0.6 is 23.8 Å². The number of likely N-dealkylation sites (tertiary alicyclic amines) is 1.